The molecule has 1 aromatic heterocycles. The molecule has 2 rings (SSSR count). The van der Waals surface area contributed by atoms with Crippen molar-refractivity contribution < 1.29 is 9.26 Å². The molecule has 5 heteroatoms. The lowest BCUT2D eigenvalue weighted by molar-refractivity contribution is 0.413. The maximum atomic E-state index is 5.27. The van der Waals surface area contributed by atoms with E-state index in [4.69, 9.17) is 9.26 Å². The van der Waals surface area contributed by atoms with Gasteiger partial charge in [0, 0.05) is 6.54 Å². The zero-order valence-electron chi connectivity index (χ0n) is 10.8. The monoisotopic (exact) mass is 247 g/mol. The van der Waals surface area contributed by atoms with Gasteiger partial charge in [0.25, 0.3) is 0 Å². The third-order valence-electron chi connectivity index (χ3n) is 2.44. The van der Waals surface area contributed by atoms with Crippen LogP contribution >= 0.6 is 0 Å². The number of benzene rings is 1. The number of anilines is 1. The third kappa shape index (κ3) is 2.80. The average Bonchev–Trinajstić information content (AvgIpc) is 2.85. The molecule has 1 heterocycles. The summed E-state index contributed by atoms with van der Waals surface area (Å²) in [4.78, 5) is 4.29. The Labute approximate surface area is 106 Å². The fraction of sp³-hybridized carbons (Fsp3) is 0.385. The quantitative estimate of drug-likeness (QED) is 0.880. The topological polar surface area (TPSA) is 60.2 Å². The maximum Gasteiger partial charge on any atom is 0.321 e. The molecule has 5 nitrogen and oxygen atoms in total. The fourth-order valence-corrected chi connectivity index (χ4v) is 1.53. The van der Waals surface area contributed by atoms with Crippen LogP contribution in [0.5, 0.6) is 5.75 Å². The van der Waals surface area contributed by atoms with Gasteiger partial charge in [0.2, 0.25) is 5.82 Å². The van der Waals surface area contributed by atoms with Crippen LogP contribution in [0.1, 0.15) is 13.8 Å². The molecule has 96 valence electrons. The summed E-state index contributed by atoms with van der Waals surface area (Å²) in [5, 5.41) is 7.04. The summed E-state index contributed by atoms with van der Waals surface area (Å²) >= 11 is 0. The number of hydrogen-bond donors (Lipinski definition) is 1. The zero-order chi connectivity index (χ0) is 13.0. The van der Waals surface area contributed by atoms with Gasteiger partial charge in [0.1, 0.15) is 5.75 Å². The Balaban J connectivity index is 2.18. The second-order valence-corrected chi connectivity index (χ2v) is 4.40. The van der Waals surface area contributed by atoms with Gasteiger partial charge in [-0.3, -0.25) is 0 Å². The minimum Gasteiger partial charge on any atom is -0.496 e. The molecule has 0 spiro atoms. The van der Waals surface area contributed by atoms with E-state index < -0.39 is 0 Å². The molecule has 0 atom stereocenters. The van der Waals surface area contributed by atoms with Crippen LogP contribution in [0, 0.1) is 5.92 Å². The molecular formula is C13H17N3O2. The van der Waals surface area contributed by atoms with Gasteiger partial charge in [-0.2, -0.15) is 4.98 Å². The van der Waals surface area contributed by atoms with Crippen molar-refractivity contribution in [2.24, 2.45) is 5.92 Å². The van der Waals surface area contributed by atoms with E-state index in [0.717, 1.165) is 17.9 Å². The van der Waals surface area contributed by atoms with E-state index in [0.29, 0.717) is 17.8 Å². The van der Waals surface area contributed by atoms with Crippen LogP contribution in [0.2, 0.25) is 0 Å². The molecule has 18 heavy (non-hydrogen) atoms. The number of hydrogen-bond acceptors (Lipinski definition) is 5. The van der Waals surface area contributed by atoms with Crippen molar-refractivity contribution in [1.82, 2.24) is 10.1 Å². The smallest absolute Gasteiger partial charge is 0.321 e. The molecule has 1 aromatic carbocycles. The van der Waals surface area contributed by atoms with Crippen LogP contribution < -0.4 is 10.1 Å². The summed E-state index contributed by atoms with van der Waals surface area (Å²) in [6.07, 6.45) is 0. The molecule has 0 aliphatic rings. The van der Waals surface area contributed by atoms with Crippen LogP contribution in [0.3, 0.4) is 0 Å². The summed E-state index contributed by atoms with van der Waals surface area (Å²) < 4.78 is 10.4. The molecule has 2 aromatic rings. The predicted molar refractivity (Wildman–Crippen MR) is 69.6 cm³/mol. The van der Waals surface area contributed by atoms with Gasteiger partial charge in [-0.25, -0.2) is 0 Å². The molecule has 0 amide bonds. The molecule has 0 unspecified atom stereocenters. The van der Waals surface area contributed by atoms with Gasteiger partial charge < -0.3 is 14.6 Å². The summed E-state index contributed by atoms with van der Waals surface area (Å²) in [6, 6.07) is 8.02. The van der Waals surface area contributed by atoms with Crippen LogP contribution in [-0.4, -0.2) is 23.8 Å². The normalized spacial score (nSPS) is 10.7. The van der Waals surface area contributed by atoms with Crippen molar-refractivity contribution in [2.75, 3.05) is 19.0 Å². The highest BCUT2D eigenvalue weighted by Crippen LogP contribution is 2.27. The highest BCUT2D eigenvalue weighted by molar-refractivity contribution is 5.64. The van der Waals surface area contributed by atoms with Gasteiger partial charge >= 0.3 is 6.01 Å². The van der Waals surface area contributed by atoms with Crippen LogP contribution in [0.15, 0.2) is 28.8 Å². The number of para-hydroxylation sites is 1. The minimum atomic E-state index is 0.435. The molecule has 0 radical (unpaired) electrons. The van der Waals surface area contributed by atoms with E-state index in [1.165, 1.54) is 0 Å². The SMILES string of the molecule is COc1ccccc1-c1noc(NCC(C)C)n1. The van der Waals surface area contributed by atoms with E-state index >= 15 is 0 Å². The van der Waals surface area contributed by atoms with Crippen LogP contribution in [0.25, 0.3) is 11.4 Å². The van der Waals surface area contributed by atoms with Crippen molar-refractivity contribution in [3.05, 3.63) is 24.3 Å². The highest BCUT2D eigenvalue weighted by atomic mass is 16.5. The third-order valence-corrected chi connectivity index (χ3v) is 2.44. The second-order valence-electron chi connectivity index (χ2n) is 4.40. The van der Waals surface area contributed by atoms with Crippen LogP contribution in [-0.2, 0) is 0 Å². The summed E-state index contributed by atoms with van der Waals surface area (Å²) in [7, 11) is 1.62. The Morgan fingerprint density at radius 1 is 1.33 bits per heavy atom. The molecule has 0 saturated carbocycles. The first-order valence-corrected chi connectivity index (χ1v) is 5.91. The molecule has 0 saturated heterocycles. The van der Waals surface area contributed by atoms with Crippen LogP contribution in [0.4, 0.5) is 6.01 Å². The fourth-order valence-electron chi connectivity index (χ4n) is 1.53. The van der Waals surface area contributed by atoms with Gasteiger partial charge in [-0.05, 0) is 18.1 Å². The van der Waals surface area contributed by atoms with Crippen molar-refractivity contribution in [2.45, 2.75) is 13.8 Å². The molecule has 1 N–H and O–H groups in total. The first-order chi connectivity index (χ1) is 8.70. The first-order valence-electron chi connectivity index (χ1n) is 5.91. The Bertz CT molecular complexity index is 508. The molecule has 0 aliphatic carbocycles. The van der Waals surface area contributed by atoms with E-state index in [2.05, 4.69) is 29.3 Å². The van der Waals surface area contributed by atoms with Crippen molar-refractivity contribution in [3.63, 3.8) is 0 Å². The molecule has 0 fully saturated rings. The Morgan fingerprint density at radius 2 is 2.11 bits per heavy atom. The second kappa shape index (κ2) is 5.53. The van der Waals surface area contributed by atoms with Crippen molar-refractivity contribution in [3.8, 4) is 17.1 Å². The van der Waals surface area contributed by atoms with Gasteiger partial charge in [-0.15, -0.1) is 0 Å². The molecule has 0 aliphatic heterocycles. The Kier molecular flexibility index (Phi) is 3.82. The first kappa shape index (κ1) is 12.4. The summed E-state index contributed by atoms with van der Waals surface area (Å²) in [5.74, 6) is 1.78. The number of aromatic nitrogens is 2. The zero-order valence-corrected chi connectivity index (χ0v) is 10.8. The largest absolute Gasteiger partial charge is 0.496 e. The van der Waals surface area contributed by atoms with E-state index in [1.807, 2.05) is 24.3 Å². The standard InChI is InChI=1S/C13H17N3O2/c1-9(2)8-14-13-15-12(16-18-13)10-6-4-5-7-11(10)17-3/h4-7,9H,8H2,1-3H3,(H,14,15,16). The number of nitrogens with zero attached hydrogens (tertiary/aromatic N) is 2. The lowest BCUT2D eigenvalue weighted by atomic mass is 10.2. The molecular weight excluding hydrogens is 230 g/mol. The average molecular weight is 247 g/mol. The lowest BCUT2D eigenvalue weighted by Gasteiger charge is -2.03. The minimum absolute atomic E-state index is 0.435. The lowest BCUT2D eigenvalue weighted by Crippen LogP contribution is -2.07. The van der Waals surface area contributed by atoms with E-state index in [9.17, 15) is 0 Å². The van der Waals surface area contributed by atoms with Gasteiger partial charge in [0.05, 0.1) is 12.7 Å². The van der Waals surface area contributed by atoms with Crippen molar-refractivity contribution in [1.29, 1.82) is 0 Å². The summed E-state index contributed by atoms with van der Waals surface area (Å²) in [6.45, 7) is 5.03. The predicted octanol–water partition coefficient (Wildman–Crippen LogP) is 2.81. The summed E-state index contributed by atoms with van der Waals surface area (Å²) in [5.41, 5.74) is 0.821. The number of rotatable bonds is 5. The number of ether oxygens (including phenoxy) is 1. The van der Waals surface area contributed by atoms with E-state index in [-0.39, 0.29) is 0 Å². The molecule has 0 bridgehead atoms. The number of methoxy groups -OCH3 is 1. The Morgan fingerprint density at radius 3 is 2.83 bits per heavy atom. The van der Waals surface area contributed by atoms with Gasteiger partial charge in [0.15, 0.2) is 0 Å². The van der Waals surface area contributed by atoms with Gasteiger partial charge in [-0.1, -0.05) is 31.1 Å². The van der Waals surface area contributed by atoms with E-state index in [1.54, 1.807) is 7.11 Å². The van der Waals surface area contributed by atoms with Crippen molar-refractivity contribution >= 4 is 6.01 Å². The maximum absolute atomic E-state index is 5.27. The Hall–Kier alpha value is -2.04. The number of nitrogens with one attached hydrogen (secondary N) is 1. The highest BCUT2D eigenvalue weighted by Gasteiger charge is 2.12.